The second-order valence-corrected chi connectivity index (χ2v) is 3.42. The maximum Gasteiger partial charge on any atom is 0.167 e. The molecule has 2 N–H and O–H groups in total. The summed E-state index contributed by atoms with van der Waals surface area (Å²) in [4.78, 5) is 11.4. The topological polar surface area (TPSA) is 57.5 Å². The molecular formula is C10H10O3. The van der Waals surface area contributed by atoms with Gasteiger partial charge >= 0.3 is 0 Å². The first-order valence-corrected chi connectivity index (χ1v) is 4.19. The van der Waals surface area contributed by atoms with Crippen LogP contribution in [0.15, 0.2) is 12.1 Å². The summed E-state index contributed by atoms with van der Waals surface area (Å²) in [5.74, 6) is -0.00111. The van der Waals surface area contributed by atoms with Crippen LogP contribution in [0.2, 0.25) is 0 Å². The Balaban J connectivity index is 2.74. The van der Waals surface area contributed by atoms with Gasteiger partial charge in [0.2, 0.25) is 0 Å². The van der Waals surface area contributed by atoms with E-state index in [1.807, 2.05) is 6.92 Å². The molecule has 1 atom stereocenters. The van der Waals surface area contributed by atoms with Crippen LogP contribution in [0, 0.1) is 0 Å². The molecule has 1 aliphatic rings. The van der Waals surface area contributed by atoms with Gasteiger partial charge in [-0.15, -0.1) is 0 Å². The Bertz CT molecular complexity index is 382. The lowest BCUT2D eigenvalue weighted by atomic mass is 10.0. The zero-order chi connectivity index (χ0) is 9.59. The van der Waals surface area contributed by atoms with Crippen molar-refractivity contribution in [2.24, 2.45) is 0 Å². The van der Waals surface area contributed by atoms with Gasteiger partial charge in [0.15, 0.2) is 5.78 Å². The van der Waals surface area contributed by atoms with Crippen LogP contribution in [0.5, 0.6) is 11.5 Å². The summed E-state index contributed by atoms with van der Waals surface area (Å²) in [6.07, 6.45) is 0.375. The highest BCUT2D eigenvalue weighted by atomic mass is 16.3. The van der Waals surface area contributed by atoms with Gasteiger partial charge in [-0.2, -0.15) is 0 Å². The van der Waals surface area contributed by atoms with Crippen molar-refractivity contribution in [1.82, 2.24) is 0 Å². The summed E-state index contributed by atoms with van der Waals surface area (Å²) in [7, 11) is 0. The van der Waals surface area contributed by atoms with Gasteiger partial charge in [0.05, 0.1) is 5.56 Å². The third kappa shape index (κ3) is 1.00. The van der Waals surface area contributed by atoms with Gasteiger partial charge in [0.1, 0.15) is 11.5 Å². The fourth-order valence-corrected chi connectivity index (χ4v) is 1.87. The molecule has 0 spiro atoms. The number of phenols is 2. The molecule has 3 heteroatoms. The number of carbonyl (C=O) groups is 1. The summed E-state index contributed by atoms with van der Waals surface area (Å²) in [6.45, 7) is 1.86. The lowest BCUT2D eigenvalue weighted by Gasteiger charge is -2.06. The number of Topliss-reactive ketones (excluding diaryl/α,β-unsaturated/α-hetero) is 1. The Morgan fingerprint density at radius 1 is 1.31 bits per heavy atom. The van der Waals surface area contributed by atoms with E-state index >= 15 is 0 Å². The molecule has 1 aromatic rings. The molecule has 0 aliphatic heterocycles. The molecule has 2 rings (SSSR count). The van der Waals surface area contributed by atoms with E-state index in [4.69, 9.17) is 0 Å². The largest absolute Gasteiger partial charge is 0.508 e. The Morgan fingerprint density at radius 3 is 2.54 bits per heavy atom. The summed E-state index contributed by atoms with van der Waals surface area (Å²) in [5, 5.41) is 18.9. The van der Waals surface area contributed by atoms with E-state index in [-0.39, 0.29) is 23.2 Å². The number of hydrogen-bond acceptors (Lipinski definition) is 3. The minimum absolute atomic E-state index is 0.00889. The molecule has 0 saturated carbocycles. The molecule has 0 amide bonds. The van der Waals surface area contributed by atoms with Crippen LogP contribution >= 0.6 is 0 Å². The normalized spacial score (nSPS) is 20.4. The van der Waals surface area contributed by atoms with Gasteiger partial charge in [-0.1, -0.05) is 6.92 Å². The first-order chi connectivity index (χ1) is 6.11. The van der Waals surface area contributed by atoms with Crippen molar-refractivity contribution in [3.63, 3.8) is 0 Å². The molecule has 0 aromatic heterocycles. The minimum atomic E-state index is -0.0871. The Kier molecular flexibility index (Phi) is 1.55. The highest BCUT2D eigenvalue weighted by Crippen LogP contribution is 2.42. The predicted molar refractivity (Wildman–Crippen MR) is 47.1 cm³/mol. The van der Waals surface area contributed by atoms with Gasteiger partial charge in [-0.25, -0.2) is 0 Å². The second kappa shape index (κ2) is 2.49. The quantitative estimate of drug-likeness (QED) is 0.595. The number of hydrogen-bond donors (Lipinski definition) is 2. The zero-order valence-electron chi connectivity index (χ0n) is 7.24. The number of fused-ring (bicyclic) bond motifs is 1. The fourth-order valence-electron chi connectivity index (χ4n) is 1.87. The predicted octanol–water partition coefficient (Wildman–Crippen LogP) is 1.79. The molecule has 1 aliphatic carbocycles. The number of carbonyl (C=O) groups excluding carboxylic acids is 1. The van der Waals surface area contributed by atoms with Gasteiger partial charge in [-0.3, -0.25) is 4.79 Å². The molecule has 13 heavy (non-hydrogen) atoms. The lowest BCUT2D eigenvalue weighted by molar-refractivity contribution is 0.0988. The first kappa shape index (κ1) is 8.10. The van der Waals surface area contributed by atoms with Crippen molar-refractivity contribution in [1.29, 1.82) is 0 Å². The summed E-state index contributed by atoms with van der Waals surface area (Å²) in [5.41, 5.74) is 0.887. The van der Waals surface area contributed by atoms with Crippen molar-refractivity contribution in [3.05, 3.63) is 23.3 Å². The van der Waals surface area contributed by atoms with Crippen molar-refractivity contribution in [2.45, 2.75) is 19.3 Å². The smallest absolute Gasteiger partial charge is 0.167 e. The second-order valence-electron chi connectivity index (χ2n) is 3.42. The highest BCUT2D eigenvalue weighted by Gasteiger charge is 2.31. The number of aromatic hydroxyl groups is 2. The van der Waals surface area contributed by atoms with Crippen LogP contribution in [0.3, 0.4) is 0 Å². The Labute approximate surface area is 75.6 Å². The van der Waals surface area contributed by atoms with Crippen molar-refractivity contribution in [3.8, 4) is 11.5 Å². The van der Waals surface area contributed by atoms with Crippen LogP contribution in [0.1, 0.15) is 35.2 Å². The van der Waals surface area contributed by atoms with Gasteiger partial charge in [-0.05, 0) is 18.1 Å². The molecule has 1 unspecified atom stereocenters. The lowest BCUT2D eigenvalue weighted by Crippen LogP contribution is -1.91. The van der Waals surface area contributed by atoms with E-state index in [1.165, 1.54) is 12.1 Å². The monoisotopic (exact) mass is 178 g/mol. The molecule has 0 heterocycles. The maximum atomic E-state index is 11.4. The van der Waals surface area contributed by atoms with E-state index in [0.717, 1.165) is 0 Å². The standard InChI is InChI=1S/C10H10O3/c1-5-4-8(13)10-7(12)3-2-6(11)9(5)10/h2-3,5,11-12H,4H2,1H3. The molecule has 0 fully saturated rings. The number of phenolic OH excluding ortho intramolecular Hbond substituents is 2. The van der Waals surface area contributed by atoms with E-state index in [1.54, 1.807) is 0 Å². The SMILES string of the molecule is CC1CC(=O)c2c(O)ccc(O)c21. The van der Waals surface area contributed by atoms with Gasteiger partial charge < -0.3 is 10.2 Å². The third-order valence-electron chi connectivity index (χ3n) is 2.46. The van der Waals surface area contributed by atoms with Gasteiger partial charge in [0.25, 0.3) is 0 Å². The summed E-state index contributed by atoms with van der Waals surface area (Å²) >= 11 is 0. The molecule has 0 bridgehead atoms. The molecule has 3 nitrogen and oxygen atoms in total. The number of benzene rings is 1. The van der Waals surface area contributed by atoms with Crippen molar-refractivity contribution >= 4 is 5.78 Å². The Hall–Kier alpha value is -1.51. The highest BCUT2D eigenvalue weighted by molar-refractivity contribution is 6.04. The molecule has 1 aromatic carbocycles. The third-order valence-corrected chi connectivity index (χ3v) is 2.46. The van der Waals surface area contributed by atoms with Crippen LogP contribution in [0.25, 0.3) is 0 Å². The van der Waals surface area contributed by atoms with Crippen molar-refractivity contribution < 1.29 is 15.0 Å². The summed E-state index contributed by atoms with van der Waals surface area (Å²) in [6, 6.07) is 2.77. The zero-order valence-corrected chi connectivity index (χ0v) is 7.24. The van der Waals surface area contributed by atoms with Crippen LogP contribution in [-0.4, -0.2) is 16.0 Å². The number of rotatable bonds is 0. The molecule has 0 radical (unpaired) electrons. The summed E-state index contributed by atoms with van der Waals surface area (Å²) < 4.78 is 0. The fraction of sp³-hybridized carbons (Fsp3) is 0.300. The van der Waals surface area contributed by atoms with E-state index < -0.39 is 0 Å². The molecule has 68 valence electrons. The Morgan fingerprint density at radius 2 is 1.92 bits per heavy atom. The first-order valence-electron chi connectivity index (χ1n) is 4.19. The minimum Gasteiger partial charge on any atom is -0.508 e. The average molecular weight is 178 g/mol. The van der Waals surface area contributed by atoms with Crippen LogP contribution < -0.4 is 0 Å². The van der Waals surface area contributed by atoms with E-state index in [9.17, 15) is 15.0 Å². The molecule has 0 saturated heterocycles. The number of ketones is 1. The van der Waals surface area contributed by atoms with Crippen LogP contribution in [-0.2, 0) is 0 Å². The van der Waals surface area contributed by atoms with E-state index in [2.05, 4.69) is 0 Å². The molecular weight excluding hydrogens is 168 g/mol. The van der Waals surface area contributed by atoms with E-state index in [0.29, 0.717) is 17.5 Å². The van der Waals surface area contributed by atoms with Crippen molar-refractivity contribution in [2.75, 3.05) is 0 Å². The average Bonchev–Trinajstić information content (AvgIpc) is 2.36. The van der Waals surface area contributed by atoms with Crippen LogP contribution in [0.4, 0.5) is 0 Å². The van der Waals surface area contributed by atoms with Gasteiger partial charge in [0, 0.05) is 12.0 Å². The maximum absolute atomic E-state index is 11.4.